The number of hydrogen-bond acceptors (Lipinski definition) is 3. The summed E-state index contributed by atoms with van der Waals surface area (Å²) in [5.74, 6) is 0.208. The zero-order valence-corrected chi connectivity index (χ0v) is 16.0. The van der Waals surface area contributed by atoms with E-state index in [1.807, 2.05) is 54.6 Å². The molecule has 0 atom stereocenters. The fraction of sp³-hybridized carbons (Fsp3) is 0.174. The topological polar surface area (TPSA) is 47.6 Å². The van der Waals surface area contributed by atoms with Crippen molar-refractivity contribution in [3.63, 3.8) is 0 Å². The van der Waals surface area contributed by atoms with E-state index >= 15 is 0 Å². The zero-order valence-electron chi connectivity index (χ0n) is 16.0. The lowest BCUT2D eigenvalue weighted by Crippen LogP contribution is -2.20. The van der Waals surface area contributed by atoms with Crippen molar-refractivity contribution < 1.29 is 27.4 Å². The van der Waals surface area contributed by atoms with E-state index in [2.05, 4.69) is 5.32 Å². The Labute approximate surface area is 172 Å². The van der Waals surface area contributed by atoms with Crippen LogP contribution < -0.4 is 14.8 Å². The van der Waals surface area contributed by atoms with Gasteiger partial charge in [0, 0.05) is 5.56 Å². The molecule has 0 radical (unpaired) electrons. The zero-order chi connectivity index (χ0) is 21.4. The predicted octanol–water partition coefficient (Wildman–Crippen LogP) is 5.70. The van der Waals surface area contributed by atoms with Crippen molar-refractivity contribution in [2.45, 2.75) is 12.6 Å². The van der Waals surface area contributed by atoms with Gasteiger partial charge in [-0.05, 0) is 23.8 Å². The van der Waals surface area contributed by atoms with Crippen molar-refractivity contribution >= 4 is 11.6 Å². The number of carbonyl (C=O) groups is 1. The number of nitrogens with one attached hydrogen (secondary N) is 1. The summed E-state index contributed by atoms with van der Waals surface area (Å²) in [6, 6.07) is 23.2. The Morgan fingerprint density at radius 1 is 0.800 bits per heavy atom. The monoisotopic (exact) mass is 415 g/mol. The largest absolute Gasteiger partial charge is 0.492 e. The van der Waals surface area contributed by atoms with Crippen molar-refractivity contribution in [2.24, 2.45) is 0 Å². The molecular weight excluding hydrogens is 395 g/mol. The summed E-state index contributed by atoms with van der Waals surface area (Å²) in [6.45, 7) is -1.32. The number of alkyl halides is 3. The highest BCUT2D eigenvalue weighted by Crippen LogP contribution is 2.30. The lowest BCUT2D eigenvalue weighted by molar-refractivity contribution is -0.153. The van der Waals surface area contributed by atoms with Crippen LogP contribution in [-0.2, 0) is 4.79 Å². The average molecular weight is 415 g/mol. The van der Waals surface area contributed by atoms with Gasteiger partial charge in [0.05, 0.1) is 18.7 Å². The first kappa shape index (κ1) is 21.2. The van der Waals surface area contributed by atoms with E-state index in [1.165, 1.54) is 18.2 Å². The molecule has 7 heteroatoms. The van der Waals surface area contributed by atoms with Crippen LogP contribution in [0.3, 0.4) is 0 Å². The molecule has 0 aliphatic carbocycles. The van der Waals surface area contributed by atoms with Gasteiger partial charge in [-0.2, -0.15) is 13.2 Å². The van der Waals surface area contributed by atoms with Crippen molar-refractivity contribution in [1.82, 2.24) is 0 Å². The highest BCUT2D eigenvalue weighted by molar-refractivity contribution is 5.92. The summed E-state index contributed by atoms with van der Waals surface area (Å²) in [7, 11) is 0. The quantitative estimate of drug-likeness (QED) is 0.513. The molecule has 156 valence electrons. The van der Waals surface area contributed by atoms with Crippen molar-refractivity contribution in [1.29, 1.82) is 0 Å². The Morgan fingerprint density at radius 3 is 2.17 bits per heavy atom. The average Bonchev–Trinajstić information content (AvgIpc) is 2.73. The molecule has 0 aliphatic rings. The Bertz CT molecular complexity index is 975. The molecule has 0 fully saturated rings. The third-order valence-corrected chi connectivity index (χ3v) is 4.11. The molecule has 1 N–H and O–H groups in total. The summed E-state index contributed by atoms with van der Waals surface area (Å²) < 4.78 is 47.7. The fourth-order valence-corrected chi connectivity index (χ4v) is 2.77. The molecule has 0 saturated carbocycles. The van der Waals surface area contributed by atoms with E-state index in [9.17, 15) is 18.0 Å². The van der Waals surface area contributed by atoms with Gasteiger partial charge in [-0.15, -0.1) is 0 Å². The summed E-state index contributed by atoms with van der Waals surface area (Å²) in [6.07, 6.45) is -4.44. The molecule has 0 aromatic heterocycles. The highest BCUT2D eigenvalue weighted by atomic mass is 19.4. The number of anilines is 1. The molecule has 4 nitrogen and oxygen atoms in total. The van der Waals surface area contributed by atoms with E-state index < -0.39 is 18.7 Å². The molecule has 0 bridgehead atoms. The predicted molar refractivity (Wildman–Crippen MR) is 109 cm³/mol. The van der Waals surface area contributed by atoms with E-state index in [-0.39, 0.29) is 24.5 Å². The van der Waals surface area contributed by atoms with Crippen LogP contribution in [0.5, 0.6) is 11.5 Å². The minimum atomic E-state index is -4.46. The second-order valence-corrected chi connectivity index (χ2v) is 6.41. The number of amides is 1. The molecule has 1 amide bonds. The van der Waals surface area contributed by atoms with Crippen LogP contribution in [0.4, 0.5) is 18.9 Å². The molecule has 0 unspecified atom stereocenters. The van der Waals surface area contributed by atoms with Crippen LogP contribution in [0.1, 0.15) is 6.42 Å². The number of hydrogen-bond donors (Lipinski definition) is 1. The lowest BCUT2D eigenvalue weighted by Gasteiger charge is -2.14. The summed E-state index contributed by atoms with van der Waals surface area (Å²) in [5.41, 5.74) is 2.08. The van der Waals surface area contributed by atoms with E-state index in [4.69, 9.17) is 9.47 Å². The number of rotatable bonds is 8. The normalized spacial score (nSPS) is 11.0. The first-order valence-corrected chi connectivity index (χ1v) is 9.28. The highest BCUT2D eigenvalue weighted by Gasteiger charge is 2.28. The van der Waals surface area contributed by atoms with Gasteiger partial charge >= 0.3 is 6.18 Å². The molecule has 3 aromatic rings. The minimum Gasteiger partial charge on any atom is -0.492 e. The first-order valence-electron chi connectivity index (χ1n) is 9.28. The van der Waals surface area contributed by atoms with Crippen molar-refractivity contribution in [3.05, 3.63) is 78.9 Å². The van der Waals surface area contributed by atoms with Gasteiger partial charge < -0.3 is 14.8 Å². The number of para-hydroxylation sites is 3. The van der Waals surface area contributed by atoms with Crippen molar-refractivity contribution in [3.8, 4) is 22.6 Å². The van der Waals surface area contributed by atoms with Crippen LogP contribution in [0.2, 0.25) is 0 Å². The number of ether oxygens (including phenoxy) is 2. The maximum Gasteiger partial charge on any atom is 0.422 e. The molecule has 3 rings (SSSR count). The van der Waals surface area contributed by atoms with Gasteiger partial charge in [0.2, 0.25) is 5.91 Å². The minimum absolute atomic E-state index is 0.0245. The van der Waals surface area contributed by atoms with Gasteiger partial charge in [-0.25, -0.2) is 0 Å². The third kappa shape index (κ3) is 6.27. The Balaban J connectivity index is 1.57. The number of halogens is 3. The maximum atomic E-state index is 12.4. The number of carbonyl (C=O) groups excluding carboxylic acids is 1. The van der Waals surface area contributed by atoms with Gasteiger partial charge in [0.25, 0.3) is 0 Å². The Kier molecular flexibility index (Phi) is 6.95. The standard InChI is InChI=1S/C23H20F3NO3/c24-23(25,26)16-30-21-13-7-5-11-19(21)27-22(28)14-15-29-20-12-6-4-10-18(20)17-8-2-1-3-9-17/h1-13H,14-16H2,(H,27,28). The van der Waals surface area contributed by atoms with Gasteiger partial charge in [0.1, 0.15) is 11.5 Å². The smallest absolute Gasteiger partial charge is 0.422 e. The van der Waals surface area contributed by atoms with Crippen molar-refractivity contribution in [2.75, 3.05) is 18.5 Å². The van der Waals surface area contributed by atoms with Gasteiger partial charge in [-0.1, -0.05) is 60.7 Å². The molecule has 0 spiro atoms. The van der Waals surface area contributed by atoms with Crippen LogP contribution >= 0.6 is 0 Å². The van der Waals surface area contributed by atoms with Crippen LogP contribution in [0.25, 0.3) is 11.1 Å². The van der Waals surface area contributed by atoms with Gasteiger partial charge in [0.15, 0.2) is 6.61 Å². The summed E-state index contributed by atoms with van der Waals surface area (Å²) in [4.78, 5) is 12.2. The summed E-state index contributed by atoms with van der Waals surface area (Å²) in [5, 5.41) is 2.57. The molecule has 0 heterocycles. The van der Waals surface area contributed by atoms with E-state index in [0.29, 0.717) is 5.75 Å². The van der Waals surface area contributed by atoms with Gasteiger partial charge in [-0.3, -0.25) is 4.79 Å². The second kappa shape index (κ2) is 9.82. The third-order valence-electron chi connectivity index (χ3n) is 4.11. The molecule has 0 saturated heterocycles. The number of benzene rings is 3. The van der Waals surface area contributed by atoms with Crippen LogP contribution in [0, 0.1) is 0 Å². The lowest BCUT2D eigenvalue weighted by atomic mass is 10.1. The van der Waals surface area contributed by atoms with Crippen LogP contribution in [0.15, 0.2) is 78.9 Å². The first-order chi connectivity index (χ1) is 14.4. The Hall–Kier alpha value is -3.48. The SMILES string of the molecule is O=C(CCOc1ccccc1-c1ccccc1)Nc1ccccc1OCC(F)(F)F. The summed E-state index contributed by atoms with van der Waals surface area (Å²) >= 11 is 0. The molecule has 3 aromatic carbocycles. The maximum absolute atomic E-state index is 12.4. The molecule has 0 aliphatic heterocycles. The van der Waals surface area contributed by atoms with E-state index in [1.54, 1.807) is 6.07 Å². The second-order valence-electron chi connectivity index (χ2n) is 6.41. The van der Waals surface area contributed by atoms with E-state index in [0.717, 1.165) is 11.1 Å². The van der Waals surface area contributed by atoms with Crippen LogP contribution in [-0.4, -0.2) is 25.3 Å². The fourth-order valence-electron chi connectivity index (χ4n) is 2.77. The Morgan fingerprint density at radius 2 is 1.43 bits per heavy atom. The molecular formula is C23H20F3NO3. The molecule has 30 heavy (non-hydrogen) atoms.